The minimum Gasteiger partial charge on any atom is -0.344 e. The molecule has 2 heterocycles. The van der Waals surface area contributed by atoms with E-state index in [1.165, 1.54) is 65.5 Å². The number of aryl methyl sites for hydroxylation is 4. The van der Waals surface area contributed by atoms with Gasteiger partial charge in [-0.15, -0.1) is 0 Å². The predicted molar refractivity (Wildman–Crippen MR) is 131 cm³/mol. The lowest BCUT2D eigenvalue weighted by atomic mass is 10.0. The number of nitrogens with zero attached hydrogens (tertiary/aromatic N) is 2. The zero-order valence-electron chi connectivity index (χ0n) is 18.1. The lowest BCUT2D eigenvalue weighted by Crippen LogP contribution is -1.88. The summed E-state index contributed by atoms with van der Waals surface area (Å²) in [6, 6.07) is 23.3. The Labute approximate surface area is 176 Å². The average Bonchev–Trinajstić information content (AvgIpc) is 3.21. The number of hydrogen-bond acceptors (Lipinski definition) is 0. The Morgan fingerprint density at radius 1 is 0.500 bits per heavy atom. The second kappa shape index (κ2) is 6.12. The minimum absolute atomic E-state index is 1.07. The van der Waals surface area contributed by atoms with Gasteiger partial charge in [0.15, 0.2) is 0 Å². The molecule has 148 valence electrons. The monoisotopic (exact) mass is 390 g/mol. The van der Waals surface area contributed by atoms with Gasteiger partial charge >= 0.3 is 0 Å². The van der Waals surface area contributed by atoms with Crippen molar-refractivity contribution in [3.8, 4) is 0 Å². The molecule has 6 aromatic rings. The van der Waals surface area contributed by atoms with Crippen LogP contribution in [0.15, 0.2) is 60.7 Å². The molecule has 0 saturated carbocycles. The molecule has 0 aliphatic rings. The predicted octanol–water partition coefficient (Wildman–Crippen LogP) is 7.25. The van der Waals surface area contributed by atoms with Crippen molar-refractivity contribution in [1.82, 2.24) is 9.13 Å². The first-order chi connectivity index (χ1) is 14.6. The third-order valence-corrected chi connectivity index (χ3v) is 7.03. The molecule has 0 spiro atoms. The zero-order valence-corrected chi connectivity index (χ0v) is 18.1. The van der Waals surface area contributed by atoms with Crippen molar-refractivity contribution in [2.75, 3.05) is 0 Å². The highest BCUT2D eigenvalue weighted by atomic mass is 14.9. The summed E-state index contributed by atoms with van der Waals surface area (Å²) in [4.78, 5) is 0. The lowest BCUT2D eigenvalue weighted by Gasteiger charge is -2.04. The van der Waals surface area contributed by atoms with Crippen molar-refractivity contribution in [2.24, 2.45) is 14.1 Å². The summed E-state index contributed by atoms with van der Waals surface area (Å²) in [6.45, 7) is 4.45. The van der Waals surface area contributed by atoms with Crippen LogP contribution in [0.3, 0.4) is 0 Å². The van der Waals surface area contributed by atoms with Crippen LogP contribution in [0.25, 0.3) is 54.4 Å². The van der Waals surface area contributed by atoms with Crippen LogP contribution >= 0.6 is 0 Å². The van der Waals surface area contributed by atoms with Crippen LogP contribution in [-0.2, 0) is 26.9 Å². The van der Waals surface area contributed by atoms with E-state index in [0.29, 0.717) is 0 Å². The summed E-state index contributed by atoms with van der Waals surface area (Å²) in [5, 5.41) is 8.04. The summed E-state index contributed by atoms with van der Waals surface area (Å²) in [7, 11) is 4.37. The van der Waals surface area contributed by atoms with Crippen molar-refractivity contribution < 1.29 is 0 Å². The maximum absolute atomic E-state index is 2.39. The topological polar surface area (TPSA) is 9.86 Å². The van der Waals surface area contributed by atoms with Gasteiger partial charge < -0.3 is 9.13 Å². The van der Waals surface area contributed by atoms with E-state index in [1.54, 1.807) is 0 Å². The molecule has 2 aromatic heterocycles. The molecular formula is C28H26N2. The van der Waals surface area contributed by atoms with E-state index < -0.39 is 0 Å². The molecule has 2 nitrogen and oxygen atoms in total. The van der Waals surface area contributed by atoms with Crippen LogP contribution in [0.2, 0.25) is 0 Å². The van der Waals surface area contributed by atoms with Crippen molar-refractivity contribution in [3.63, 3.8) is 0 Å². The zero-order chi connectivity index (χ0) is 20.6. The molecule has 0 unspecified atom stereocenters. The van der Waals surface area contributed by atoms with Gasteiger partial charge in [-0.25, -0.2) is 0 Å². The summed E-state index contributed by atoms with van der Waals surface area (Å²) < 4.78 is 4.68. The average molecular weight is 391 g/mol. The van der Waals surface area contributed by atoms with Gasteiger partial charge in [0, 0.05) is 57.7 Å². The lowest BCUT2D eigenvalue weighted by molar-refractivity contribution is 1.01. The van der Waals surface area contributed by atoms with E-state index in [4.69, 9.17) is 0 Å². The fourth-order valence-electron chi connectivity index (χ4n) is 5.19. The van der Waals surface area contributed by atoms with Crippen LogP contribution in [0, 0.1) is 0 Å². The Bertz CT molecular complexity index is 1500. The van der Waals surface area contributed by atoms with Gasteiger partial charge in [0.2, 0.25) is 0 Å². The van der Waals surface area contributed by atoms with Crippen LogP contribution < -0.4 is 0 Å². The molecule has 0 fully saturated rings. The molecular weight excluding hydrogens is 364 g/mol. The second-order valence-corrected chi connectivity index (χ2v) is 8.61. The van der Waals surface area contributed by atoms with Gasteiger partial charge in [0.1, 0.15) is 0 Å². The number of benzene rings is 4. The number of aromatic nitrogens is 2. The Hall–Kier alpha value is -3.26. The smallest absolute Gasteiger partial charge is 0.0495 e. The van der Waals surface area contributed by atoms with Crippen LogP contribution in [0.1, 0.15) is 25.0 Å². The molecule has 4 aromatic carbocycles. The number of fused-ring (bicyclic) bond motifs is 7. The van der Waals surface area contributed by atoms with Gasteiger partial charge in [-0.3, -0.25) is 0 Å². The van der Waals surface area contributed by atoms with Gasteiger partial charge in [-0.2, -0.15) is 0 Å². The molecule has 0 N–H and O–H groups in total. The molecule has 0 amide bonds. The highest BCUT2D eigenvalue weighted by Gasteiger charge is 2.13. The van der Waals surface area contributed by atoms with Gasteiger partial charge in [0.25, 0.3) is 0 Å². The third-order valence-electron chi connectivity index (χ3n) is 7.03. The molecule has 0 radical (unpaired) electrons. The summed E-state index contributed by atoms with van der Waals surface area (Å²) in [6.07, 6.45) is 2.13. The van der Waals surface area contributed by atoms with Crippen molar-refractivity contribution >= 4 is 54.4 Å². The maximum Gasteiger partial charge on any atom is 0.0495 e. The van der Waals surface area contributed by atoms with E-state index >= 15 is 0 Å². The Morgan fingerprint density at radius 3 is 1.30 bits per heavy atom. The molecule has 0 saturated heterocycles. The SMILES string of the molecule is CCc1ccc2c(c1)c1cc3cc4c(cc3cc1n2C)c1cc(CC)ccc1n4C. The van der Waals surface area contributed by atoms with Gasteiger partial charge in [-0.1, -0.05) is 26.0 Å². The molecule has 0 aliphatic carbocycles. The standard InChI is InChI=1S/C28H26N2/c1-5-17-7-9-25-21(11-17)23-13-19-16-28-24(14-20(19)15-27(23)29(25)3)22-12-18(6-2)8-10-26(22)30(28)4/h7-16H,5-6H2,1-4H3. The first-order valence-electron chi connectivity index (χ1n) is 10.9. The molecule has 0 bridgehead atoms. The third kappa shape index (κ3) is 2.25. The summed E-state index contributed by atoms with van der Waals surface area (Å²) in [5.41, 5.74) is 8.01. The number of rotatable bonds is 2. The van der Waals surface area contributed by atoms with Crippen molar-refractivity contribution in [2.45, 2.75) is 26.7 Å². The molecule has 2 heteroatoms. The van der Waals surface area contributed by atoms with E-state index in [2.05, 4.69) is 97.7 Å². The Morgan fingerprint density at radius 2 is 0.900 bits per heavy atom. The fraction of sp³-hybridized carbons (Fsp3) is 0.214. The Balaban J connectivity index is 1.75. The maximum atomic E-state index is 2.39. The van der Waals surface area contributed by atoms with Crippen LogP contribution in [-0.4, -0.2) is 9.13 Å². The van der Waals surface area contributed by atoms with E-state index in [1.807, 2.05) is 0 Å². The summed E-state index contributed by atoms with van der Waals surface area (Å²) in [5.74, 6) is 0. The van der Waals surface area contributed by atoms with Gasteiger partial charge in [-0.05, 0) is 83.3 Å². The first-order valence-corrected chi connectivity index (χ1v) is 10.9. The number of hydrogen-bond donors (Lipinski definition) is 0. The van der Waals surface area contributed by atoms with Crippen LogP contribution in [0.5, 0.6) is 0 Å². The highest BCUT2D eigenvalue weighted by Crippen LogP contribution is 2.36. The molecule has 6 rings (SSSR count). The largest absolute Gasteiger partial charge is 0.344 e. The normalized spacial score (nSPS) is 12.3. The fourth-order valence-corrected chi connectivity index (χ4v) is 5.19. The van der Waals surface area contributed by atoms with E-state index in [9.17, 15) is 0 Å². The van der Waals surface area contributed by atoms with Crippen molar-refractivity contribution in [1.29, 1.82) is 0 Å². The second-order valence-electron chi connectivity index (χ2n) is 8.61. The van der Waals surface area contributed by atoms with E-state index in [-0.39, 0.29) is 0 Å². The van der Waals surface area contributed by atoms with Gasteiger partial charge in [0.05, 0.1) is 0 Å². The molecule has 0 aliphatic heterocycles. The van der Waals surface area contributed by atoms with Crippen LogP contribution in [0.4, 0.5) is 0 Å². The highest BCUT2D eigenvalue weighted by molar-refractivity contribution is 6.17. The minimum atomic E-state index is 1.07. The van der Waals surface area contributed by atoms with Crippen molar-refractivity contribution in [3.05, 3.63) is 71.8 Å². The summed E-state index contributed by atoms with van der Waals surface area (Å²) >= 11 is 0. The quantitative estimate of drug-likeness (QED) is 0.294. The van der Waals surface area contributed by atoms with E-state index in [0.717, 1.165) is 12.8 Å². The first kappa shape index (κ1) is 17.6. The Kier molecular flexibility index (Phi) is 3.59. The molecule has 30 heavy (non-hydrogen) atoms. The molecule has 0 atom stereocenters.